The highest BCUT2D eigenvalue weighted by molar-refractivity contribution is 7.15. The van der Waals surface area contributed by atoms with Crippen molar-refractivity contribution in [2.24, 2.45) is 0 Å². The Balaban J connectivity index is 1.38. The number of rotatable bonds is 6. The van der Waals surface area contributed by atoms with Crippen LogP contribution in [-0.2, 0) is 6.54 Å². The lowest BCUT2D eigenvalue weighted by molar-refractivity contribution is 0.0950. The molecule has 154 valence electrons. The van der Waals surface area contributed by atoms with E-state index >= 15 is 0 Å². The third-order valence-electron chi connectivity index (χ3n) is 5.03. The first-order valence-corrected chi connectivity index (χ1v) is 11.3. The first-order valence-electron chi connectivity index (χ1n) is 10.1. The van der Waals surface area contributed by atoms with Gasteiger partial charge < -0.3 is 10.2 Å². The average Bonchev–Trinajstić information content (AvgIpc) is 3.30. The monoisotopic (exact) mass is 438 g/mol. The van der Waals surface area contributed by atoms with Crippen LogP contribution in [0.5, 0.6) is 0 Å². The maximum absolute atomic E-state index is 12.3. The summed E-state index contributed by atoms with van der Waals surface area (Å²) in [7, 11) is 0. The maximum atomic E-state index is 12.3. The van der Waals surface area contributed by atoms with Crippen molar-refractivity contribution in [3.05, 3.63) is 75.7 Å². The van der Waals surface area contributed by atoms with Gasteiger partial charge in [0.05, 0.1) is 5.03 Å². The number of piperidine rings is 1. The lowest BCUT2D eigenvalue weighted by atomic mass is 10.1. The van der Waals surface area contributed by atoms with Crippen molar-refractivity contribution in [1.82, 2.24) is 15.5 Å². The van der Waals surface area contributed by atoms with E-state index in [1.807, 2.05) is 36.4 Å². The molecule has 2 aromatic carbocycles. The number of anilines is 1. The molecule has 1 aromatic heterocycles. The topological polar surface area (TPSA) is 58.1 Å². The van der Waals surface area contributed by atoms with Crippen LogP contribution in [0.2, 0.25) is 0 Å². The van der Waals surface area contributed by atoms with Crippen molar-refractivity contribution in [2.75, 3.05) is 18.0 Å². The van der Waals surface area contributed by atoms with Crippen molar-refractivity contribution in [3.63, 3.8) is 0 Å². The Labute approximate surface area is 185 Å². The van der Waals surface area contributed by atoms with Gasteiger partial charge in [0.15, 0.2) is 5.01 Å². The highest BCUT2D eigenvalue weighted by Crippen LogP contribution is 2.27. The van der Waals surface area contributed by atoms with Crippen LogP contribution in [0.3, 0.4) is 0 Å². The van der Waals surface area contributed by atoms with E-state index in [0.717, 1.165) is 24.2 Å². The molecule has 5 nitrogen and oxygen atoms in total. The molecule has 1 aliphatic rings. The zero-order valence-electron chi connectivity index (χ0n) is 16.6. The van der Waals surface area contributed by atoms with E-state index in [9.17, 15) is 4.79 Å². The Morgan fingerprint density at radius 2 is 1.70 bits per heavy atom. The second-order valence-electron chi connectivity index (χ2n) is 7.21. The molecular weight excluding hydrogens is 416 g/mol. The number of aromatic nitrogens is 2. The Kier molecular flexibility index (Phi) is 6.77. The minimum atomic E-state index is -0.252. The van der Waals surface area contributed by atoms with E-state index in [4.69, 9.17) is 11.6 Å². The summed E-state index contributed by atoms with van der Waals surface area (Å²) >= 11 is 7.63. The van der Waals surface area contributed by atoms with Crippen LogP contribution in [0.25, 0.3) is 11.1 Å². The fourth-order valence-electron chi connectivity index (χ4n) is 3.41. The smallest absolute Gasteiger partial charge is 0.282 e. The second-order valence-corrected chi connectivity index (χ2v) is 8.60. The molecule has 1 aliphatic heterocycles. The molecule has 0 unspecified atom stereocenters. The van der Waals surface area contributed by atoms with Crippen LogP contribution in [0.4, 0.5) is 5.69 Å². The summed E-state index contributed by atoms with van der Waals surface area (Å²) in [6.07, 6.45) is 5.69. The van der Waals surface area contributed by atoms with Crippen molar-refractivity contribution < 1.29 is 4.79 Å². The third-order valence-corrected chi connectivity index (χ3v) is 6.38. The zero-order valence-corrected chi connectivity index (χ0v) is 18.1. The predicted octanol–water partition coefficient (Wildman–Crippen LogP) is 5.20. The van der Waals surface area contributed by atoms with E-state index in [-0.39, 0.29) is 5.91 Å². The Morgan fingerprint density at radius 1 is 1.00 bits per heavy atom. The summed E-state index contributed by atoms with van der Waals surface area (Å²) in [5, 5.41) is 12.2. The first kappa shape index (κ1) is 20.6. The number of halogens is 1. The van der Waals surface area contributed by atoms with Gasteiger partial charge in [-0.05, 0) is 48.6 Å². The molecule has 0 spiro atoms. The fraction of sp³-hybridized carbons (Fsp3) is 0.261. The molecule has 0 radical (unpaired) electrons. The van der Waals surface area contributed by atoms with Crippen LogP contribution in [0.15, 0.2) is 54.6 Å². The summed E-state index contributed by atoms with van der Waals surface area (Å²) in [6, 6.07) is 18.1. The number of benzene rings is 2. The standard InChI is InChI=1S/C23H23ClN4OS/c24-20(15-17-9-11-19(12-10-17)28-13-5-2-6-14-28)22-26-27-23(30-22)21(29)25-16-18-7-3-1-4-8-18/h1,3-4,7-12,15H,2,5-6,13-14,16H2,(H,25,29)/b20-15-. The molecule has 2 heterocycles. The zero-order chi connectivity index (χ0) is 20.8. The molecule has 1 fully saturated rings. The average molecular weight is 439 g/mol. The molecule has 1 N–H and O–H groups in total. The molecule has 0 bridgehead atoms. The molecule has 0 saturated carbocycles. The van der Waals surface area contributed by atoms with E-state index in [0.29, 0.717) is 21.6 Å². The van der Waals surface area contributed by atoms with Gasteiger partial charge in [-0.15, -0.1) is 10.2 Å². The number of nitrogens with zero attached hydrogens (tertiary/aromatic N) is 3. The second kappa shape index (κ2) is 9.87. The summed E-state index contributed by atoms with van der Waals surface area (Å²) < 4.78 is 0. The summed E-state index contributed by atoms with van der Waals surface area (Å²) in [5.74, 6) is -0.252. The predicted molar refractivity (Wildman–Crippen MR) is 124 cm³/mol. The van der Waals surface area contributed by atoms with Crippen LogP contribution in [-0.4, -0.2) is 29.2 Å². The lowest BCUT2D eigenvalue weighted by Crippen LogP contribution is -2.29. The molecule has 3 aromatic rings. The maximum Gasteiger partial charge on any atom is 0.282 e. The molecular formula is C23H23ClN4OS. The van der Waals surface area contributed by atoms with Gasteiger partial charge in [0.2, 0.25) is 5.01 Å². The lowest BCUT2D eigenvalue weighted by Gasteiger charge is -2.28. The quantitative estimate of drug-likeness (QED) is 0.575. The molecule has 0 aliphatic carbocycles. The highest BCUT2D eigenvalue weighted by Gasteiger charge is 2.15. The van der Waals surface area contributed by atoms with Crippen LogP contribution < -0.4 is 10.2 Å². The number of hydrogen-bond acceptors (Lipinski definition) is 5. The van der Waals surface area contributed by atoms with Gasteiger partial charge in [-0.25, -0.2) is 0 Å². The van der Waals surface area contributed by atoms with Crippen molar-refractivity contribution in [2.45, 2.75) is 25.8 Å². The number of carbonyl (C=O) groups is 1. The number of amides is 1. The first-order chi connectivity index (χ1) is 14.7. The van der Waals surface area contributed by atoms with Gasteiger partial charge in [0.25, 0.3) is 5.91 Å². The SMILES string of the molecule is O=C(NCc1ccccc1)c1nnc(/C(Cl)=C/c2ccc(N3CCCCC3)cc2)s1. The molecule has 0 atom stereocenters. The van der Waals surface area contributed by atoms with Gasteiger partial charge in [-0.2, -0.15) is 0 Å². The van der Waals surface area contributed by atoms with Crippen molar-refractivity contribution in [1.29, 1.82) is 0 Å². The summed E-state index contributed by atoms with van der Waals surface area (Å²) in [4.78, 5) is 14.7. The largest absolute Gasteiger partial charge is 0.372 e. The molecule has 7 heteroatoms. The molecule has 30 heavy (non-hydrogen) atoms. The van der Waals surface area contributed by atoms with E-state index < -0.39 is 0 Å². The van der Waals surface area contributed by atoms with E-state index in [1.54, 1.807) is 0 Å². The van der Waals surface area contributed by atoms with Gasteiger partial charge in [0.1, 0.15) is 0 Å². The van der Waals surface area contributed by atoms with Gasteiger partial charge in [-0.1, -0.05) is 65.4 Å². The minimum absolute atomic E-state index is 0.252. The van der Waals surface area contributed by atoms with Crippen molar-refractivity contribution >= 4 is 45.6 Å². The van der Waals surface area contributed by atoms with Crippen molar-refractivity contribution in [3.8, 4) is 0 Å². The number of hydrogen-bond donors (Lipinski definition) is 1. The molecule has 1 saturated heterocycles. The molecule has 4 rings (SSSR count). The Morgan fingerprint density at radius 3 is 2.43 bits per heavy atom. The van der Waals surface area contributed by atoms with E-state index in [2.05, 4.69) is 44.7 Å². The van der Waals surface area contributed by atoms with Gasteiger partial charge in [-0.3, -0.25) is 4.79 Å². The fourth-order valence-corrected chi connectivity index (χ4v) is 4.35. The van der Waals surface area contributed by atoms with Crippen LogP contribution in [0, 0.1) is 0 Å². The number of nitrogens with one attached hydrogen (secondary N) is 1. The highest BCUT2D eigenvalue weighted by atomic mass is 35.5. The summed E-state index contributed by atoms with van der Waals surface area (Å²) in [6.45, 7) is 2.69. The Bertz CT molecular complexity index is 1010. The number of carbonyl (C=O) groups excluding carboxylic acids is 1. The normalized spacial score (nSPS) is 14.6. The van der Waals surface area contributed by atoms with Gasteiger partial charge >= 0.3 is 0 Å². The molecule has 1 amide bonds. The van der Waals surface area contributed by atoms with Crippen LogP contribution >= 0.6 is 22.9 Å². The van der Waals surface area contributed by atoms with E-state index in [1.165, 1.54) is 36.3 Å². The van der Waals surface area contributed by atoms with Gasteiger partial charge in [0, 0.05) is 25.3 Å². The Hall–Kier alpha value is -2.70. The van der Waals surface area contributed by atoms with Crippen LogP contribution in [0.1, 0.15) is 45.2 Å². The third kappa shape index (κ3) is 5.26. The minimum Gasteiger partial charge on any atom is -0.372 e. The summed E-state index contributed by atoms with van der Waals surface area (Å²) in [5.41, 5.74) is 3.27.